The van der Waals surface area contributed by atoms with E-state index in [1.165, 1.54) is 24.8 Å². The molecule has 13 nitrogen and oxygen atoms in total. The number of piperidine rings is 1. The Morgan fingerprint density at radius 3 is 2.38 bits per heavy atom. The molecule has 1 saturated heterocycles. The Kier molecular flexibility index (Phi) is 14.9. The second kappa shape index (κ2) is 21.0. The third kappa shape index (κ3) is 11.1. The van der Waals surface area contributed by atoms with Crippen molar-refractivity contribution in [3.63, 3.8) is 0 Å². The summed E-state index contributed by atoms with van der Waals surface area (Å²) >= 11 is 0. The largest absolute Gasteiger partial charge is 0.506 e. The van der Waals surface area contributed by atoms with Gasteiger partial charge in [0.15, 0.2) is 0 Å². The van der Waals surface area contributed by atoms with Crippen molar-refractivity contribution in [3.8, 4) is 17.2 Å². The molecule has 6 aromatic rings. The summed E-state index contributed by atoms with van der Waals surface area (Å²) in [7, 11) is 1.49. The third-order valence-corrected chi connectivity index (χ3v) is 11.5. The minimum Gasteiger partial charge on any atom is -0.506 e. The highest BCUT2D eigenvalue weighted by Crippen LogP contribution is 2.34. The van der Waals surface area contributed by atoms with Gasteiger partial charge in [-0.25, -0.2) is 4.79 Å². The highest BCUT2D eigenvalue weighted by atomic mass is 16.6. The number of esters is 1. The van der Waals surface area contributed by atoms with Crippen molar-refractivity contribution in [2.75, 3.05) is 46.5 Å². The number of phenols is 1. The van der Waals surface area contributed by atoms with E-state index in [-0.39, 0.29) is 48.4 Å². The minimum atomic E-state index is -2.05. The van der Waals surface area contributed by atoms with Crippen LogP contribution in [0.3, 0.4) is 0 Å². The van der Waals surface area contributed by atoms with Gasteiger partial charge in [-0.05, 0) is 96.9 Å². The summed E-state index contributed by atoms with van der Waals surface area (Å²) in [4.78, 5) is 43.8. The molecule has 1 aliphatic rings. The number of aliphatic hydroxyl groups excluding tert-OH is 1. The Labute approximate surface area is 366 Å². The number of H-pyrrole nitrogens is 1. The first-order chi connectivity index (χ1) is 30.6. The number of hydrogen-bond donors (Lipinski definition) is 6. The number of aromatic amines is 1. The Hall–Kier alpha value is -6.51. The number of hydrogen-bond acceptors (Lipinski definition) is 11. The van der Waals surface area contributed by atoms with Gasteiger partial charge in [0.25, 0.3) is 5.91 Å². The topological polar surface area (TPSA) is 183 Å². The van der Waals surface area contributed by atoms with Gasteiger partial charge < -0.3 is 45.1 Å². The third-order valence-electron chi connectivity index (χ3n) is 11.5. The fraction of sp³-hybridized carbons (Fsp3) is 0.300. The van der Waals surface area contributed by atoms with Crippen LogP contribution in [0.15, 0.2) is 132 Å². The second-order valence-corrected chi connectivity index (χ2v) is 15.8. The fourth-order valence-corrected chi connectivity index (χ4v) is 7.95. The lowest BCUT2D eigenvalue weighted by Crippen LogP contribution is -2.40. The van der Waals surface area contributed by atoms with Crippen molar-refractivity contribution >= 4 is 22.8 Å². The number of methoxy groups -OCH3 is 1. The minimum absolute atomic E-state index is 0.0789. The monoisotopic (exact) mass is 854 g/mol. The van der Waals surface area contributed by atoms with Crippen LogP contribution >= 0.6 is 0 Å². The van der Waals surface area contributed by atoms with E-state index < -0.39 is 17.7 Å². The molecule has 2 unspecified atom stereocenters. The lowest BCUT2D eigenvalue weighted by Gasteiger charge is -2.33. The van der Waals surface area contributed by atoms with Gasteiger partial charge in [0.1, 0.15) is 17.2 Å². The van der Waals surface area contributed by atoms with Crippen LogP contribution in [0, 0.1) is 5.92 Å². The number of pyridine rings is 1. The van der Waals surface area contributed by atoms with Crippen LogP contribution in [0.25, 0.3) is 10.9 Å². The van der Waals surface area contributed by atoms with E-state index in [0.717, 1.165) is 38.0 Å². The number of aliphatic hydroxyl groups is 2. The summed E-state index contributed by atoms with van der Waals surface area (Å²) < 4.78 is 17.5. The summed E-state index contributed by atoms with van der Waals surface area (Å²) in [6, 6.07) is 37.2. The number of ether oxygens (including phenoxy) is 3. The van der Waals surface area contributed by atoms with Gasteiger partial charge in [0.2, 0.25) is 11.2 Å². The standard InChI is InChI=1S/C50H54N4O9/c1-61-45-28-36(30-51-31-44(56)40-18-20-43(55)47-41(40)19-21-46(57)53-47)16-17-42(45)48(58)52-24-9-27-62-39-15-8-14-38(29-39)50(60,37-12-6-3-7-13-37)49(59)63-33-35-22-25-54(26-23-35)32-34-10-4-2-5-11-34/h2-8,10-21,28-29,35,44,51,55-56,60H,9,22-27,30-33H2,1H3,(H,52,58)(H,53,57). The van der Waals surface area contributed by atoms with E-state index in [2.05, 4.69) is 44.8 Å². The van der Waals surface area contributed by atoms with Crippen molar-refractivity contribution in [3.05, 3.63) is 171 Å². The average molecular weight is 855 g/mol. The first kappa shape index (κ1) is 44.5. The predicted molar refractivity (Wildman–Crippen MR) is 240 cm³/mol. The normalized spacial score (nSPS) is 14.7. The zero-order valence-electron chi connectivity index (χ0n) is 35.3. The molecule has 0 saturated carbocycles. The maximum Gasteiger partial charge on any atom is 0.347 e. The van der Waals surface area contributed by atoms with E-state index in [4.69, 9.17) is 14.2 Å². The summed E-state index contributed by atoms with van der Waals surface area (Å²) in [6.07, 6.45) is 1.35. The van der Waals surface area contributed by atoms with Crippen molar-refractivity contribution in [1.29, 1.82) is 0 Å². The molecule has 13 heteroatoms. The summed E-state index contributed by atoms with van der Waals surface area (Å²) in [5, 5.41) is 39.9. The van der Waals surface area contributed by atoms with Gasteiger partial charge in [-0.1, -0.05) is 84.9 Å². The number of nitrogens with one attached hydrogen (secondary N) is 3. The van der Waals surface area contributed by atoms with Gasteiger partial charge in [0, 0.05) is 43.2 Å². The molecular formula is C50H54N4O9. The number of fused-ring (bicyclic) bond motifs is 1. The number of rotatable bonds is 19. The molecule has 2 atom stereocenters. The quantitative estimate of drug-likeness (QED) is 0.0418. The first-order valence-electron chi connectivity index (χ1n) is 21.3. The van der Waals surface area contributed by atoms with E-state index in [0.29, 0.717) is 58.6 Å². The molecule has 0 spiro atoms. The zero-order chi connectivity index (χ0) is 44.2. The molecule has 1 amide bonds. The molecule has 63 heavy (non-hydrogen) atoms. The molecule has 7 rings (SSSR count). The highest BCUT2D eigenvalue weighted by Gasteiger charge is 2.42. The van der Waals surface area contributed by atoms with Crippen LogP contribution in [0.2, 0.25) is 0 Å². The molecule has 0 bridgehead atoms. The molecule has 1 aromatic heterocycles. The van der Waals surface area contributed by atoms with E-state index in [1.807, 2.05) is 12.1 Å². The average Bonchev–Trinajstić information content (AvgIpc) is 3.31. The number of nitrogens with zero attached hydrogens (tertiary/aromatic N) is 1. The number of aromatic nitrogens is 1. The van der Waals surface area contributed by atoms with Crippen molar-refractivity contribution in [2.24, 2.45) is 5.92 Å². The van der Waals surface area contributed by atoms with Crippen LogP contribution in [0.1, 0.15) is 63.5 Å². The van der Waals surface area contributed by atoms with Crippen LogP contribution in [-0.2, 0) is 28.2 Å². The number of carbonyl (C=O) groups is 2. The molecular weight excluding hydrogens is 801 g/mol. The molecule has 5 aromatic carbocycles. The zero-order valence-corrected chi connectivity index (χ0v) is 35.3. The summed E-state index contributed by atoms with van der Waals surface area (Å²) in [5.74, 6) is -0.0865. The van der Waals surface area contributed by atoms with Crippen molar-refractivity contribution < 1.29 is 39.1 Å². The van der Waals surface area contributed by atoms with Gasteiger partial charge in [-0.3, -0.25) is 14.5 Å². The molecule has 6 N–H and O–H groups in total. The van der Waals surface area contributed by atoms with Gasteiger partial charge in [-0.2, -0.15) is 0 Å². The Morgan fingerprint density at radius 2 is 1.62 bits per heavy atom. The van der Waals surface area contributed by atoms with Crippen LogP contribution in [-0.4, -0.2) is 83.6 Å². The molecule has 1 aliphatic heterocycles. The Bertz CT molecular complexity index is 2530. The van der Waals surface area contributed by atoms with Crippen molar-refractivity contribution in [2.45, 2.75) is 44.1 Å². The van der Waals surface area contributed by atoms with Crippen molar-refractivity contribution in [1.82, 2.24) is 20.5 Å². The number of amides is 1. The van der Waals surface area contributed by atoms with Crippen LogP contribution in [0.5, 0.6) is 17.2 Å². The lowest BCUT2D eigenvalue weighted by atomic mass is 9.86. The Morgan fingerprint density at radius 1 is 0.873 bits per heavy atom. The highest BCUT2D eigenvalue weighted by molar-refractivity contribution is 5.97. The Balaban J connectivity index is 0.881. The molecule has 2 heterocycles. The first-order valence-corrected chi connectivity index (χ1v) is 21.3. The van der Waals surface area contributed by atoms with Crippen LogP contribution in [0.4, 0.5) is 0 Å². The number of benzene rings is 5. The molecule has 328 valence electrons. The number of phenolic OH excluding ortho intramolecular Hbond substituents is 1. The second-order valence-electron chi connectivity index (χ2n) is 15.8. The lowest BCUT2D eigenvalue weighted by molar-refractivity contribution is -0.164. The molecule has 1 fully saturated rings. The van der Waals surface area contributed by atoms with Crippen LogP contribution < -0.4 is 25.7 Å². The fourth-order valence-electron chi connectivity index (χ4n) is 7.95. The number of aromatic hydroxyl groups is 1. The van der Waals surface area contributed by atoms with E-state index >= 15 is 0 Å². The van der Waals surface area contributed by atoms with E-state index in [9.17, 15) is 29.7 Å². The molecule has 0 aliphatic carbocycles. The summed E-state index contributed by atoms with van der Waals surface area (Å²) in [5.41, 5.74) is 1.60. The van der Waals surface area contributed by atoms with E-state index in [1.54, 1.807) is 78.9 Å². The SMILES string of the molecule is COc1cc(CNCC(O)c2ccc(O)c3[nH]c(=O)ccc23)ccc1C(=O)NCCCOc1cccc(C(O)(C(=O)OCC2CCN(Cc3ccccc3)CC2)c2ccccc2)c1. The predicted octanol–water partition coefficient (Wildman–Crippen LogP) is 5.96. The number of carbonyl (C=O) groups excluding carboxylic acids is 2. The maximum absolute atomic E-state index is 13.8. The smallest absolute Gasteiger partial charge is 0.347 e. The van der Waals surface area contributed by atoms with Gasteiger partial charge >= 0.3 is 5.97 Å². The molecule has 0 radical (unpaired) electrons. The van der Waals surface area contributed by atoms with Gasteiger partial charge in [-0.15, -0.1) is 0 Å². The number of likely N-dealkylation sites (tertiary alicyclic amines) is 1. The maximum atomic E-state index is 13.8. The summed E-state index contributed by atoms with van der Waals surface area (Å²) in [6.45, 7) is 4.07. The van der Waals surface area contributed by atoms with Gasteiger partial charge in [0.05, 0.1) is 37.5 Å².